The molecule has 2 N–H and O–H groups in total. The first-order valence-corrected chi connectivity index (χ1v) is 7.26. The van der Waals surface area contributed by atoms with Gasteiger partial charge in [-0.25, -0.2) is 0 Å². The molecule has 0 radical (unpaired) electrons. The minimum Gasteiger partial charge on any atom is -0.354 e. The maximum atomic E-state index is 12.2. The lowest BCUT2D eigenvalue weighted by atomic mass is 10.2. The minimum absolute atomic E-state index is 0.181. The molecule has 2 aromatic heterocycles. The van der Waals surface area contributed by atoms with Crippen LogP contribution in [-0.4, -0.2) is 15.9 Å². The van der Waals surface area contributed by atoms with Crippen LogP contribution in [-0.2, 0) is 6.54 Å². The molecule has 0 aliphatic carbocycles. The summed E-state index contributed by atoms with van der Waals surface area (Å²) in [7, 11) is 0. The van der Waals surface area contributed by atoms with Crippen molar-refractivity contribution in [3.63, 3.8) is 0 Å². The van der Waals surface area contributed by atoms with Crippen molar-refractivity contribution in [3.8, 4) is 0 Å². The number of carbonyl (C=O) groups is 1. The van der Waals surface area contributed by atoms with Gasteiger partial charge in [0, 0.05) is 18.1 Å². The van der Waals surface area contributed by atoms with Crippen LogP contribution < -0.4 is 10.6 Å². The zero-order valence-electron chi connectivity index (χ0n) is 12.4. The van der Waals surface area contributed by atoms with Gasteiger partial charge in [0.15, 0.2) is 0 Å². The number of carbonyl (C=O) groups excluding carboxylic acids is 1. The van der Waals surface area contributed by atoms with Gasteiger partial charge >= 0.3 is 0 Å². The Kier molecular flexibility index (Phi) is 4.59. The number of amides is 1. The summed E-state index contributed by atoms with van der Waals surface area (Å²) in [6.45, 7) is 0.385. The van der Waals surface area contributed by atoms with Crippen molar-refractivity contribution in [3.05, 3.63) is 84.4 Å². The van der Waals surface area contributed by atoms with Gasteiger partial charge < -0.3 is 10.6 Å². The highest BCUT2D eigenvalue weighted by Crippen LogP contribution is 2.16. The number of benzene rings is 1. The van der Waals surface area contributed by atoms with E-state index in [2.05, 4.69) is 20.6 Å². The van der Waals surface area contributed by atoms with Gasteiger partial charge in [-0.15, -0.1) is 0 Å². The summed E-state index contributed by atoms with van der Waals surface area (Å²) >= 11 is 0. The highest BCUT2D eigenvalue weighted by atomic mass is 16.1. The lowest BCUT2D eigenvalue weighted by molar-refractivity contribution is 0.0950. The van der Waals surface area contributed by atoms with Crippen LogP contribution in [0.15, 0.2) is 73.2 Å². The van der Waals surface area contributed by atoms with E-state index in [1.54, 1.807) is 24.7 Å². The average Bonchev–Trinajstić information content (AvgIpc) is 2.62. The number of nitrogens with one attached hydrogen (secondary N) is 2. The highest BCUT2D eigenvalue weighted by molar-refractivity contribution is 5.94. The normalized spacial score (nSPS) is 10.1. The number of para-hydroxylation sites is 1. The van der Waals surface area contributed by atoms with E-state index in [0.29, 0.717) is 12.1 Å². The molecule has 0 fully saturated rings. The summed E-state index contributed by atoms with van der Waals surface area (Å²) < 4.78 is 0. The Morgan fingerprint density at radius 1 is 0.957 bits per heavy atom. The molecule has 1 aromatic carbocycles. The lowest BCUT2D eigenvalue weighted by Gasteiger charge is -2.08. The first kappa shape index (κ1) is 14.7. The molecule has 0 spiro atoms. The van der Waals surface area contributed by atoms with Gasteiger partial charge in [-0.1, -0.05) is 24.3 Å². The van der Waals surface area contributed by atoms with Crippen LogP contribution in [0.1, 0.15) is 16.1 Å². The molecular weight excluding hydrogens is 288 g/mol. The molecule has 0 atom stereocenters. The zero-order valence-corrected chi connectivity index (χ0v) is 12.4. The number of aromatic nitrogens is 2. The van der Waals surface area contributed by atoms with E-state index < -0.39 is 0 Å². The van der Waals surface area contributed by atoms with Gasteiger partial charge in [-0.2, -0.15) is 0 Å². The molecule has 0 saturated carbocycles. The summed E-state index contributed by atoms with van der Waals surface area (Å²) in [4.78, 5) is 20.5. The second-order valence-corrected chi connectivity index (χ2v) is 4.96. The fraction of sp³-hybridized carbons (Fsp3) is 0.0556. The Morgan fingerprint density at radius 3 is 2.57 bits per heavy atom. The van der Waals surface area contributed by atoms with Crippen LogP contribution in [0.25, 0.3) is 0 Å². The fourth-order valence-corrected chi connectivity index (χ4v) is 2.10. The molecule has 3 aromatic rings. The first-order chi connectivity index (χ1) is 11.3. The number of anilines is 2. The van der Waals surface area contributed by atoms with Crippen LogP contribution in [0.4, 0.5) is 11.4 Å². The Hall–Kier alpha value is -3.21. The van der Waals surface area contributed by atoms with E-state index in [9.17, 15) is 4.79 Å². The van der Waals surface area contributed by atoms with E-state index in [1.807, 2.05) is 48.5 Å². The number of hydrogen-bond acceptors (Lipinski definition) is 4. The number of nitrogens with zero attached hydrogens (tertiary/aromatic N) is 2. The zero-order chi connectivity index (χ0) is 15.9. The van der Waals surface area contributed by atoms with E-state index in [4.69, 9.17) is 0 Å². The minimum atomic E-state index is -0.181. The number of rotatable bonds is 5. The van der Waals surface area contributed by atoms with Crippen molar-refractivity contribution < 1.29 is 4.79 Å². The fourth-order valence-electron chi connectivity index (χ4n) is 2.10. The second-order valence-electron chi connectivity index (χ2n) is 4.96. The van der Waals surface area contributed by atoms with Gasteiger partial charge in [0.05, 0.1) is 29.7 Å². The first-order valence-electron chi connectivity index (χ1n) is 7.26. The summed E-state index contributed by atoms with van der Waals surface area (Å²) in [5.74, 6) is -0.181. The molecule has 0 saturated heterocycles. The molecule has 0 aliphatic rings. The Balaban J connectivity index is 1.65. The van der Waals surface area contributed by atoms with Gasteiger partial charge in [-0.05, 0) is 30.3 Å². The summed E-state index contributed by atoms with van der Waals surface area (Å²) in [5.41, 5.74) is 3.02. The smallest absolute Gasteiger partial charge is 0.253 e. The average molecular weight is 304 g/mol. The molecular formula is C18H16N4O. The molecule has 1 amide bonds. The largest absolute Gasteiger partial charge is 0.354 e. The third kappa shape index (κ3) is 4.14. The van der Waals surface area contributed by atoms with Crippen LogP contribution in [0.5, 0.6) is 0 Å². The van der Waals surface area contributed by atoms with Crippen molar-refractivity contribution >= 4 is 17.3 Å². The third-order valence-electron chi connectivity index (χ3n) is 3.22. The van der Waals surface area contributed by atoms with Gasteiger partial charge in [0.1, 0.15) is 0 Å². The van der Waals surface area contributed by atoms with Crippen molar-refractivity contribution in [2.75, 3.05) is 5.32 Å². The van der Waals surface area contributed by atoms with Crippen molar-refractivity contribution in [2.45, 2.75) is 6.54 Å². The van der Waals surface area contributed by atoms with Gasteiger partial charge in [-0.3, -0.25) is 14.8 Å². The quantitative estimate of drug-likeness (QED) is 0.760. The Morgan fingerprint density at radius 2 is 1.78 bits per heavy atom. The molecule has 0 bridgehead atoms. The van der Waals surface area contributed by atoms with Crippen molar-refractivity contribution in [1.82, 2.24) is 15.3 Å². The molecule has 0 aliphatic heterocycles. The van der Waals surface area contributed by atoms with E-state index in [0.717, 1.165) is 17.1 Å². The molecule has 23 heavy (non-hydrogen) atoms. The maximum Gasteiger partial charge on any atom is 0.253 e. The van der Waals surface area contributed by atoms with Crippen LogP contribution in [0, 0.1) is 0 Å². The third-order valence-corrected chi connectivity index (χ3v) is 3.22. The monoisotopic (exact) mass is 304 g/mol. The molecule has 0 unspecified atom stereocenters. The Labute approximate surface area is 134 Å². The second kappa shape index (κ2) is 7.17. The SMILES string of the molecule is O=C(NCc1ccccn1)c1cncc(Nc2ccccc2)c1. The maximum absolute atomic E-state index is 12.2. The number of pyridine rings is 2. The van der Waals surface area contributed by atoms with E-state index in [1.165, 1.54) is 0 Å². The predicted molar refractivity (Wildman–Crippen MR) is 89.4 cm³/mol. The molecule has 2 heterocycles. The van der Waals surface area contributed by atoms with Gasteiger partial charge in [0.2, 0.25) is 0 Å². The topological polar surface area (TPSA) is 66.9 Å². The van der Waals surface area contributed by atoms with Gasteiger partial charge in [0.25, 0.3) is 5.91 Å². The standard InChI is InChI=1S/C18H16N4O/c23-18(21-13-16-8-4-5-9-20-16)14-10-17(12-19-11-14)22-15-6-2-1-3-7-15/h1-12,22H,13H2,(H,21,23). The van der Waals surface area contributed by atoms with Crippen molar-refractivity contribution in [1.29, 1.82) is 0 Å². The van der Waals surface area contributed by atoms with Crippen molar-refractivity contribution in [2.24, 2.45) is 0 Å². The highest BCUT2D eigenvalue weighted by Gasteiger charge is 2.07. The molecule has 114 valence electrons. The summed E-state index contributed by atoms with van der Waals surface area (Å²) in [6, 6.07) is 17.1. The van der Waals surface area contributed by atoms with Crippen LogP contribution in [0.3, 0.4) is 0 Å². The Bertz CT molecular complexity index is 775. The molecule has 5 heteroatoms. The molecule has 3 rings (SSSR count). The van der Waals surface area contributed by atoms with E-state index in [-0.39, 0.29) is 5.91 Å². The summed E-state index contributed by atoms with van der Waals surface area (Å²) in [5, 5.41) is 6.06. The lowest BCUT2D eigenvalue weighted by Crippen LogP contribution is -2.23. The van der Waals surface area contributed by atoms with Crippen LogP contribution >= 0.6 is 0 Å². The summed E-state index contributed by atoms with van der Waals surface area (Å²) in [6.07, 6.45) is 4.93. The number of hydrogen-bond donors (Lipinski definition) is 2. The van der Waals surface area contributed by atoms with E-state index >= 15 is 0 Å². The predicted octanol–water partition coefficient (Wildman–Crippen LogP) is 3.15. The molecule has 5 nitrogen and oxygen atoms in total. The van der Waals surface area contributed by atoms with Crippen LogP contribution in [0.2, 0.25) is 0 Å².